The van der Waals surface area contributed by atoms with Crippen LogP contribution in [0, 0.1) is 24.6 Å². The number of hydrogen-bond acceptors (Lipinski definition) is 2. The van der Waals surface area contributed by atoms with Gasteiger partial charge in [-0.05, 0) is 48.9 Å². The summed E-state index contributed by atoms with van der Waals surface area (Å²) >= 11 is 0. The Bertz CT molecular complexity index is 561. The van der Waals surface area contributed by atoms with E-state index >= 15 is 0 Å². The normalized spacial score (nSPS) is 25.5. The van der Waals surface area contributed by atoms with Gasteiger partial charge in [0.05, 0.1) is 4.90 Å². The fraction of sp³-hybridized carbons (Fsp3) is 0.571. The Morgan fingerprint density at radius 2 is 1.79 bits per heavy atom. The number of nitrogens with zero attached hydrogens (tertiary/aromatic N) is 1. The van der Waals surface area contributed by atoms with Crippen LogP contribution in [0.5, 0.6) is 0 Å². The van der Waals surface area contributed by atoms with Gasteiger partial charge >= 0.3 is 0 Å². The Morgan fingerprint density at radius 3 is 2.32 bits per heavy atom. The third kappa shape index (κ3) is 2.98. The molecule has 1 saturated heterocycles. The number of piperidine rings is 1. The second-order valence-electron chi connectivity index (χ2n) is 5.68. The molecule has 3 nitrogen and oxygen atoms in total. The van der Waals surface area contributed by atoms with E-state index in [1.807, 2.05) is 0 Å². The quantitative estimate of drug-likeness (QED) is 0.838. The minimum atomic E-state index is -3.50. The predicted molar refractivity (Wildman–Crippen MR) is 72.8 cm³/mol. The standard InChI is InChI=1S/C14H20FNO2S/c1-10-6-11(2)9-16(8-10)19(17,18)13-4-5-14(15)12(3)7-13/h4-5,7,10-11H,6,8-9H2,1-3H3/t10-,11-/m0/s1. The zero-order valence-electron chi connectivity index (χ0n) is 11.6. The van der Waals surface area contributed by atoms with Gasteiger partial charge in [-0.15, -0.1) is 0 Å². The number of hydrogen-bond donors (Lipinski definition) is 0. The topological polar surface area (TPSA) is 37.4 Å². The van der Waals surface area contributed by atoms with Crippen LogP contribution in [0.25, 0.3) is 0 Å². The van der Waals surface area contributed by atoms with Crippen LogP contribution in [0.1, 0.15) is 25.8 Å². The summed E-state index contributed by atoms with van der Waals surface area (Å²) in [6, 6.07) is 3.98. The highest BCUT2D eigenvalue weighted by Gasteiger charge is 2.31. The van der Waals surface area contributed by atoms with Crippen molar-refractivity contribution >= 4 is 10.0 Å². The summed E-state index contributed by atoms with van der Waals surface area (Å²) < 4.78 is 39.9. The largest absolute Gasteiger partial charge is 0.243 e. The van der Waals surface area contributed by atoms with Gasteiger partial charge < -0.3 is 0 Å². The first kappa shape index (κ1) is 14.5. The van der Waals surface area contributed by atoms with Crippen molar-refractivity contribution in [3.63, 3.8) is 0 Å². The van der Waals surface area contributed by atoms with E-state index in [1.54, 1.807) is 6.92 Å². The molecule has 0 N–H and O–H groups in total. The molecule has 1 aromatic rings. The minimum Gasteiger partial charge on any atom is -0.207 e. The SMILES string of the molecule is Cc1cc(S(=O)(=O)N2C[C@@H](C)C[C@H](C)C2)ccc1F. The summed E-state index contributed by atoms with van der Waals surface area (Å²) in [6.45, 7) is 6.80. The molecule has 19 heavy (non-hydrogen) atoms. The Kier molecular flexibility index (Phi) is 3.97. The lowest BCUT2D eigenvalue weighted by atomic mass is 9.94. The minimum absolute atomic E-state index is 0.188. The molecule has 0 aromatic heterocycles. The maximum atomic E-state index is 13.2. The van der Waals surface area contributed by atoms with Gasteiger partial charge in [0.2, 0.25) is 10.0 Å². The van der Waals surface area contributed by atoms with Crippen LogP contribution in [-0.2, 0) is 10.0 Å². The van der Waals surface area contributed by atoms with E-state index in [4.69, 9.17) is 0 Å². The van der Waals surface area contributed by atoms with E-state index in [1.165, 1.54) is 22.5 Å². The summed E-state index contributed by atoms with van der Waals surface area (Å²) in [5.74, 6) is 0.347. The molecule has 1 heterocycles. The van der Waals surface area contributed by atoms with Crippen molar-refractivity contribution in [1.29, 1.82) is 0 Å². The fourth-order valence-electron chi connectivity index (χ4n) is 2.73. The van der Waals surface area contributed by atoms with Gasteiger partial charge in [0.25, 0.3) is 0 Å². The lowest BCUT2D eigenvalue weighted by Crippen LogP contribution is -2.42. The second kappa shape index (κ2) is 5.21. The van der Waals surface area contributed by atoms with E-state index in [0.29, 0.717) is 30.5 Å². The fourth-order valence-corrected chi connectivity index (χ4v) is 4.49. The number of sulfonamides is 1. The highest BCUT2D eigenvalue weighted by molar-refractivity contribution is 7.89. The van der Waals surface area contributed by atoms with Crippen LogP contribution in [0.15, 0.2) is 23.1 Å². The van der Waals surface area contributed by atoms with Gasteiger partial charge in [0.1, 0.15) is 5.82 Å². The lowest BCUT2D eigenvalue weighted by molar-refractivity contribution is 0.222. The van der Waals surface area contributed by atoms with Crippen molar-refractivity contribution in [2.45, 2.75) is 32.1 Å². The molecule has 0 aliphatic carbocycles. The van der Waals surface area contributed by atoms with Crippen LogP contribution in [0.4, 0.5) is 4.39 Å². The van der Waals surface area contributed by atoms with Crippen molar-refractivity contribution in [3.05, 3.63) is 29.6 Å². The summed E-state index contributed by atoms with van der Waals surface area (Å²) in [7, 11) is -3.50. The molecule has 0 bridgehead atoms. The van der Waals surface area contributed by atoms with Gasteiger partial charge in [-0.2, -0.15) is 4.31 Å². The zero-order chi connectivity index (χ0) is 14.2. The van der Waals surface area contributed by atoms with Crippen molar-refractivity contribution in [2.24, 2.45) is 11.8 Å². The average molecular weight is 285 g/mol. The molecule has 0 unspecified atom stereocenters. The van der Waals surface area contributed by atoms with Crippen molar-refractivity contribution < 1.29 is 12.8 Å². The van der Waals surface area contributed by atoms with Crippen molar-refractivity contribution in [3.8, 4) is 0 Å². The van der Waals surface area contributed by atoms with Crippen LogP contribution in [0.3, 0.4) is 0 Å². The molecule has 1 fully saturated rings. The van der Waals surface area contributed by atoms with Crippen molar-refractivity contribution in [1.82, 2.24) is 4.31 Å². The van der Waals surface area contributed by atoms with Crippen LogP contribution in [-0.4, -0.2) is 25.8 Å². The molecular weight excluding hydrogens is 265 g/mol. The van der Waals surface area contributed by atoms with E-state index in [2.05, 4.69) is 13.8 Å². The number of aryl methyl sites for hydroxylation is 1. The Balaban J connectivity index is 2.33. The second-order valence-corrected chi connectivity index (χ2v) is 7.62. The molecule has 106 valence electrons. The molecule has 2 atom stereocenters. The first-order valence-corrected chi connectivity index (χ1v) is 8.01. The molecule has 1 aromatic carbocycles. The van der Waals surface area contributed by atoms with Gasteiger partial charge in [-0.25, -0.2) is 12.8 Å². The molecule has 1 aliphatic heterocycles. The Hall–Kier alpha value is -0.940. The maximum Gasteiger partial charge on any atom is 0.243 e. The van der Waals surface area contributed by atoms with E-state index in [9.17, 15) is 12.8 Å². The first-order chi connectivity index (χ1) is 8.80. The summed E-state index contributed by atoms with van der Waals surface area (Å²) in [6.07, 6.45) is 1.05. The van der Waals surface area contributed by atoms with Crippen LogP contribution < -0.4 is 0 Å². The third-order valence-electron chi connectivity index (χ3n) is 3.60. The predicted octanol–water partition coefficient (Wildman–Crippen LogP) is 2.80. The highest BCUT2D eigenvalue weighted by atomic mass is 32.2. The highest BCUT2D eigenvalue weighted by Crippen LogP contribution is 2.27. The zero-order valence-corrected chi connectivity index (χ0v) is 12.4. The molecule has 0 radical (unpaired) electrons. The molecule has 0 amide bonds. The maximum absolute atomic E-state index is 13.2. The Morgan fingerprint density at radius 1 is 1.21 bits per heavy atom. The molecular formula is C14H20FNO2S. The van der Waals surface area contributed by atoms with Gasteiger partial charge in [-0.3, -0.25) is 0 Å². The van der Waals surface area contributed by atoms with E-state index in [0.717, 1.165) is 6.42 Å². The van der Waals surface area contributed by atoms with Crippen LogP contribution in [0.2, 0.25) is 0 Å². The summed E-state index contributed by atoms with van der Waals surface area (Å²) in [5, 5.41) is 0. The molecule has 1 aliphatic rings. The molecule has 0 spiro atoms. The van der Waals surface area contributed by atoms with Gasteiger partial charge in [0, 0.05) is 13.1 Å². The number of halogens is 1. The molecule has 0 saturated carbocycles. The number of rotatable bonds is 2. The van der Waals surface area contributed by atoms with E-state index < -0.39 is 10.0 Å². The van der Waals surface area contributed by atoms with Gasteiger partial charge in [0.15, 0.2) is 0 Å². The van der Waals surface area contributed by atoms with Crippen molar-refractivity contribution in [2.75, 3.05) is 13.1 Å². The van der Waals surface area contributed by atoms with Gasteiger partial charge in [-0.1, -0.05) is 13.8 Å². The monoisotopic (exact) mass is 285 g/mol. The molecule has 2 rings (SSSR count). The third-order valence-corrected chi connectivity index (χ3v) is 5.43. The smallest absolute Gasteiger partial charge is 0.207 e. The van der Waals surface area contributed by atoms with E-state index in [-0.39, 0.29) is 10.7 Å². The van der Waals surface area contributed by atoms with Crippen LogP contribution >= 0.6 is 0 Å². The Labute approximate surface area is 114 Å². The first-order valence-electron chi connectivity index (χ1n) is 6.57. The lowest BCUT2D eigenvalue weighted by Gasteiger charge is -2.34. The average Bonchev–Trinajstić information content (AvgIpc) is 2.31. The molecule has 5 heteroatoms. The summed E-state index contributed by atoms with van der Waals surface area (Å²) in [5.41, 5.74) is 0.360. The summed E-state index contributed by atoms with van der Waals surface area (Å²) in [4.78, 5) is 0.188. The number of benzene rings is 1.